The topological polar surface area (TPSA) is 37.4 Å². The third-order valence-corrected chi connectivity index (χ3v) is 3.74. The molecule has 4 nitrogen and oxygen atoms in total. The second kappa shape index (κ2) is 8.22. The van der Waals surface area contributed by atoms with E-state index in [0.29, 0.717) is 0 Å². The Morgan fingerprint density at radius 2 is 2.15 bits per heavy atom. The predicted octanol–water partition coefficient (Wildman–Crippen LogP) is 2.76. The first-order chi connectivity index (χ1) is 9.78. The zero-order chi connectivity index (χ0) is 14.2. The minimum atomic E-state index is 0.784. The summed E-state index contributed by atoms with van der Waals surface area (Å²) in [4.78, 5) is 6.85. The molecule has 0 aromatic carbocycles. The van der Waals surface area contributed by atoms with Gasteiger partial charge in [0.2, 0.25) is 0 Å². The van der Waals surface area contributed by atoms with E-state index in [-0.39, 0.29) is 0 Å². The third-order valence-electron chi connectivity index (χ3n) is 3.74. The molecule has 4 heteroatoms. The highest BCUT2D eigenvalue weighted by Crippen LogP contribution is 2.16. The molecule has 0 saturated carbocycles. The van der Waals surface area contributed by atoms with Gasteiger partial charge in [0.15, 0.2) is 0 Å². The van der Waals surface area contributed by atoms with Gasteiger partial charge >= 0.3 is 0 Å². The van der Waals surface area contributed by atoms with Gasteiger partial charge in [0.1, 0.15) is 5.82 Å². The first-order valence-electron chi connectivity index (χ1n) is 7.73. The monoisotopic (exact) mass is 277 g/mol. The molecule has 0 radical (unpaired) electrons. The van der Waals surface area contributed by atoms with Crippen molar-refractivity contribution in [2.75, 3.05) is 38.7 Å². The maximum atomic E-state index is 5.41. The Hall–Kier alpha value is -1.13. The zero-order valence-corrected chi connectivity index (χ0v) is 12.8. The number of rotatable bonds is 7. The maximum Gasteiger partial charge on any atom is 0.125 e. The Bertz CT molecular complexity index is 374. The van der Waals surface area contributed by atoms with E-state index in [1.54, 1.807) is 0 Å². The molecule has 0 spiro atoms. The number of ether oxygens (including phenoxy) is 1. The lowest BCUT2D eigenvalue weighted by Crippen LogP contribution is -2.29. The smallest absolute Gasteiger partial charge is 0.125 e. The molecule has 0 amide bonds. The van der Waals surface area contributed by atoms with Crippen LogP contribution in [0.1, 0.15) is 31.7 Å². The Morgan fingerprint density at radius 1 is 1.35 bits per heavy atom. The molecule has 1 fully saturated rings. The van der Waals surface area contributed by atoms with Gasteiger partial charge in [-0.25, -0.2) is 4.98 Å². The van der Waals surface area contributed by atoms with Gasteiger partial charge in [-0.05, 0) is 43.9 Å². The highest BCUT2D eigenvalue weighted by Gasteiger charge is 2.15. The van der Waals surface area contributed by atoms with Crippen LogP contribution < -0.4 is 5.32 Å². The van der Waals surface area contributed by atoms with Crippen molar-refractivity contribution in [1.82, 2.24) is 9.88 Å². The van der Waals surface area contributed by atoms with Crippen molar-refractivity contribution >= 4 is 5.82 Å². The van der Waals surface area contributed by atoms with Gasteiger partial charge < -0.3 is 15.0 Å². The van der Waals surface area contributed by atoms with Crippen LogP contribution in [0, 0.1) is 5.92 Å². The minimum absolute atomic E-state index is 0.784. The second-order valence-electron chi connectivity index (χ2n) is 5.73. The summed E-state index contributed by atoms with van der Waals surface area (Å²) in [6.07, 6.45) is 5.50. The quantitative estimate of drug-likeness (QED) is 0.831. The summed E-state index contributed by atoms with van der Waals surface area (Å²) in [7, 11) is 2.19. The van der Waals surface area contributed by atoms with Crippen LogP contribution in [-0.2, 0) is 11.3 Å². The summed E-state index contributed by atoms with van der Waals surface area (Å²) in [5, 5.41) is 3.30. The van der Waals surface area contributed by atoms with Gasteiger partial charge in [-0.1, -0.05) is 13.0 Å². The van der Waals surface area contributed by atoms with Crippen molar-refractivity contribution < 1.29 is 4.74 Å². The van der Waals surface area contributed by atoms with Gasteiger partial charge in [-0.3, -0.25) is 0 Å². The molecule has 1 aliphatic heterocycles. The van der Waals surface area contributed by atoms with Crippen LogP contribution in [0.2, 0.25) is 0 Å². The van der Waals surface area contributed by atoms with Crippen molar-refractivity contribution in [3.05, 3.63) is 23.9 Å². The highest BCUT2D eigenvalue weighted by molar-refractivity contribution is 5.35. The van der Waals surface area contributed by atoms with Crippen molar-refractivity contribution in [2.45, 2.75) is 32.7 Å². The molecule has 0 atom stereocenters. The van der Waals surface area contributed by atoms with Gasteiger partial charge in [-0.15, -0.1) is 0 Å². The summed E-state index contributed by atoms with van der Waals surface area (Å²) < 4.78 is 5.41. The standard InChI is InChI=1S/C16H27N3O/c1-3-8-17-16-5-4-15(11-18-16)13-19(2)12-14-6-9-20-10-7-14/h4-5,11,14H,3,6-10,12-13H2,1-2H3,(H,17,18). The number of nitrogens with zero attached hydrogens (tertiary/aromatic N) is 2. The predicted molar refractivity (Wildman–Crippen MR) is 82.9 cm³/mol. The van der Waals surface area contributed by atoms with Gasteiger partial charge in [-0.2, -0.15) is 0 Å². The lowest BCUT2D eigenvalue weighted by molar-refractivity contribution is 0.0549. The van der Waals surface area contributed by atoms with Crippen LogP contribution in [0.5, 0.6) is 0 Å². The minimum Gasteiger partial charge on any atom is -0.381 e. The summed E-state index contributed by atoms with van der Waals surface area (Å²) >= 11 is 0. The van der Waals surface area contributed by atoms with Crippen LogP contribution in [0.4, 0.5) is 5.82 Å². The number of hydrogen-bond acceptors (Lipinski definition) is 4. The molecule has 20 heavy (non-hydrogen) atoms. The molecule has 0 aliphatic carbocycles. The second-order valence-corrected chi connectivity index (χ2v) is 5.73. The number of hydrogen-bond donors (Lipinski definition) is 1. The van der Waals surface area contributed by atoms with Crippen molar-refractivity contribution in [3.63, 3.8) is 0 Å². The fraction of sp³-hybridized carbons (Fsp3) is 0.688. The first-order valence-corrected chi connectivity index (χ1v) is 7.73. The van der Waals surface area contributed by atoms with Crippen LogP contribution in [0.3, 0.4) is 0 Å². The van der Waals surface area contributed by atoms with Crippen LogP contribution >= 0.6 is 0 Å². The fourth-order valence-electron chi connectivity index (χ4n) is 2.62. The summed E-state index contributed by atoms with van der Waals surface area (Å²) in [5.74, 6) is 1.76. The molecule has 2 heterocycles. The van der Waals surface area contributed by atoms with Crippen LogP contribution in [0.15, 0.2) is 18.3 Å². The Morgan fingerprint density at radius 3 is 2.80 bits per heavy atom. The Kier molecular flexibility index (Phi) is 6.27. The van der Waals surface area contributed by atoms with Crippen LogP contribution in [-0.4, -0.2) is 43.2 Å². The van der Waals surface area contributed by atoms with Gasteiger partial charge in [0, 0.05) is 39.0 Å². The van der Waals surface area contributed by atoms with E-state index in [1.807, 2.05) is 6.20 Å². The maximum absolute atomic E-state index is 5.41. The van der Waals surface area contributed by atoms with Gasteiger partial charge in [0.05, 0.1) is 0 Å². The molecular weight excluding hydrogens is 250 g/mol. The molecule has 1 aromatic heterocycles. The average Bonchev–Trinajstić information content (AvgIpc) is 2.47. The molecule has 112 valence electrons. The van der Waals surface area contributed by atoms with E-state index in [2.05, 4.69) is 41.3 Å². The number of anilines is 1. The molecule has 0 bridgehead atoms. The normalized spacial score (nSPS) is 16.6. The Labute approximate surface area is 122 Å². The van der Waals surface area contributed by atoms with Crippen molar-refractivity contribution in [3.8, 4) is 0 Å². The van der Waals surface area contributed by atoms with Crippen molar-refractivity contribution in [2.24, 2.45) is 5.92 Å². The number of aromatic nitrogens is 1. The lowest BCUT2D eigenvalue weighted by atomic mass is 10.00. The molecule has 1 N–H and O–H groups in total. The molecular formula is C16H27N3O. The first kappa shape index (κ1) is 15.3. The van der Waals surface area contributed by atoms with Crippen LogP contribution in [0.25, 0.3) is 0 Å². The molecule has 1 aliphatic rings. The van der Waals surface area contributed by atoms with E-state index in [9.17, 15) is 0 Å². The number of pyridine rings is 1. The Balaban J connectivity index is 1.76. The summed E-state index contributed by atoms with van der Waals surface area (Å²) in [5.41, 5.74) is 1.28. The molecule has 0 unspecified atom stereocenters. The summed E-state index contributed by atoms with van der Waals surface area (Å²) in [6.45, 7) is 7.12. The van der Waals surface area contributed by atoms with E-state index >= 15 is 0 Å². The van der Waals surface area contributed by atoms with E-state index < -0.39 is 0 Å². The molecule has 2 rings (SSSR count). The molecule has 1 aromatic rings. The largest absolute Gasteiger partial charge is 0.381 e. The van der Waals surface area contributed by atoms with Crippen molar-refractivity contribution in [1.29, 1.82) is 0 Å². The molecule has 1 saturated heterocycles. The lowest BCUT2D eigenvalue weighted by Gasteiger charge is -2.27. The summed E-state index contributed by atoms with van der Waals surface area (Å²) in [6, 6.07) is 4.25. The SMILES string of the molecule is CCCNc1ccc(CN(C)CC2CCOCC2)cn1. The highest BCUT2D eigenvalue weighted by atomic mass is 16.5. The zero-order valence-electron chi connectivity index (χ0n) is 12.8. The van der Waals surface area contributed by atoms with E-state index in [4.69, 9.17) is 4.74 Å². The average molecular weight is 277 g/mol. The fourth-order valence-corrected chi connectivity index (χ4v) is 2.62. The van der Waals surface area contributed by atoms with E-state index in [0.717, 1.165) is 51.0 Å². The van der Waals surface area contributed by atoms with E-state index in [1.165, 1.54) is 18.4 Å². The third kappa shape index (κ3) is 5.10. The number of nitrogens with one attached hydrogen (secondary N) is 1. The van der Waals surface area contributed by atoms with Gasteiger partial charge in [0.25, 0.3) is 0 Å².